The molecule has 1 aliphatic rings. The fraction of sp³-hybridized carbons (Fsp3) is 0.421. The summed E-state index contributed by atoms with van der Waals surface area (Å²) in [5.41, 5.74) is 2.42. The average Bonchev–Trinajstić information content (AvgIpc) is 3.17. The zero-order valence-electron chi connectivity index (χ0n) is 15.6. The van der Waals surface area contributed by atoms with Gasteiger partial charge in [-0.2, -0.15) is 0 Å². The summed E-state index contributed by atoms with van der Waals surface area (Å²) in [5, 5.41) is 12.7. The van der Waals surface area contributed by atoms with E-state index in [2.05, 4.69) is 24.9 Å². The standard InChI is InChI=1S/C19H22N6O2/c1-3-15-18(13(2)27-23-15)19(26)24-8-6-16-21-22-17(25(16)10-9-24)11-14-5-4-7-20-12-14/h4-5,7,12H,3,6,8-11H2,1-2H3. The Morgan fingerprint density at radius 1 is 1.26 bits per heavy atom. The Kier molecular flexibility index (Phi) is 4.70. The normalized spacial score (nSPS) is 14.1. The summed E-state index contributed by atoms with van der Waals surface area (Å²) in [7, 11) is 0. The Labute approximate surface area is 157 Å². The molecule has 0 unspecified atom stereocenters. The van der Waals surface area contributed by atoms with Gasteiger partial charge in [0.25, 0.3) is 5.91 Å². The molecule has 0 fully saturated rings. The number of hydrogen-bond donors (Lipinski definition) is 0. The first-order chi connectivity index (χ1) is 13.2. The quantitative estimate of drug-likeness (QED) is 0.700. The molecule has 0 saturated heterocycles. The minimum Gasteiger partial charge on any atom is -0.361 e. The third-order valence-electron chi connectivity index (χ3n) is 4.96. The monoisotopic (exact) mass is 366 g/mol. The Morgan fingerprint density at radius 3 is 2.93 bits per heavy atom. The van der Waals surface area contributed by atoms with E-state index in [4.69, 9.17) is 4.52 Å². The zero-order valence-corrected chi connectivity index (χ0v) is 15.6. The van der Waals surface area contributed by atoms with E-state index in [0.29, 0.717) is 50.2 Å². The molecule has 0 bridgehead atoms. The predicted octanol–water partition coefficient (Wildman–Crippen LogP) is 1.82. The first-order valence-electron chi connectivity index (χ1n) is 9.21. The molecule has 3 aromatic rings. The van der Waals surface area contributed by atoms with Crippen molar-refractivity contribution in [1.82, 2.24) is 29.8 Å². The van der Waals surface area contributed by atoms with Gasteiger partial charge in [0, 0.05) is 44.9 Å². The number of nitrogens with zero attached hydrogens (tertiary/aromatic N) is 6. The van der Waals surface area contributed by atoms with E-state index in [9.17, 15) is 4.79 Å². The summed E-state index contributed by atoms with van der Waals surface area (Å²) in [4.78, 5) is 19.1. The van der Waals surface area contributed by atoms with Crippen LogP contribution in [0.3, 0.4) is 0 Å². The highest BCUT2D eigenvalue weighted by molar-refractivity contribution is 5.96. The number of carbonyl (C=O) groups is 1. The van der Waals surface area contributed by atoms with Gasteiger partial charge >= 0.3 is 0 Å². The lowest BCUT2D eigenvalue weighted by Crippen LogP contribution is -2.34. The third-order valence-corrected chi connectivity index (χ3v) is 4.96. The molecule has 0 spiro atoms. The molecule has 0 atom stereocenters. The van der Waals surface area contributed by atoms with Gasteiger partial charge in [0.2, 0.25) is 0 Å². The summed E-state index contributed by atoms with van der Waals surface area (Å²) in [6, 6.07) is 3.95. The topological polar surface area (TPSA) is 89.9 Å². The molecule has 27 heavy (non-hydrogen) atoms. The molecule has 140 valence electrons. The van der Waals surface area contributed by atoms with E-state index in [1.807, 2.05) is 30.2 Å². The summed E-state index contributed by atoms with van der Waals surface area (Å²) in [6.07, 6.45) is 5.63. The average molecular weight is 366 g/mol. The molecule has 0 radical (unpaired) electrons. The largest absolute Gasteiger partial charge is 0.361 e. The van der Waals surface area contributed by atoms with Gasteiger partial charge < -0.3 is 14.0 Å². The molecule has 8 nitrogen and oxygen atoms in total. The van der Waals surface area contributed by atoms with Crippen LogP contribution in [-0.2, 0) is 25.8 Å². The van der Waals surface area contributed by atoms with Crippen LogP contribution in [0.2, 0.25) is 0 Å². The molecule has 0 N–H and O–H groups in total. The van der Waals surface area contributed by atoms with E-state index in [1.54, 1.807) is 13.1 Å². The van der Waals surface area contributed by atoms with E-state index in [0.717, 1.165) is 22.9 Å². The SMILES string of the molecule is CCc1noc(C)c1C(=O)N1CCc2nnc(Cc3cccnc3)n2CC1. The first kappa shape index (κ1) is 17.4. The van der Waals surface area contributed by atoms with Crippen LogP contribution < -0.4 is 0 Å². The lowest BCUT2D eigenvalue weighted by molar-refractivity contribution is 0.0756. The number of rotatable bonds is 4. The van der Waals surface area contributed by atoms with Gasteiger partial charge in [-0.05, 0) is 25.0 Å². The number of hydrogen-bond acceptors (Lipinski definition) is 6. The van der Waals surface area contributed by atoms with Crippen LogP contribution in [0, 0.1) is 6.92 Å². The maximum absolute atomic E-state index is 13.0. The summed E-state index contributed by atoms with van der Waals surface area (Å²) in [6.45, 7) is 5.66. The third kappa shape index (κ3) is 3.34. The Hall–Kier alpha value is -3.03. The minimum absolute atomic E-state index is 0.0156. The van der Waals surface area contributed by atoms with Crippen LogP contribution in [0.25, 0.3) is 0 Å². The van der Waals surface area contributed by atoms with Crippen LogP contribution in [-0.4, -0.2) is 48.8 Å². The van der Waals surface area contributed by atoms with Crippen LogP contribution in [0.5, 0.6) is 0 Å². The summed E-state index contributed by atoms with van der Waals surface area (Å²) in [5.74, 6) is 2.39. The number of pyridine rings is 1. The van der Waals surface area contributed by atoms with Crippen molar-refractivity contribution in [2.45, 2.75) is 39.7 Å². The number of fused-ring (bicyclic) bond motifs is 1. The molecule has 8 heteroatoms. The van der Waals surface area contributed by atoms with Gasteiger partial charge in [-0.1, -0.05) is 18.1 Å². The van der Waals surface area contributed by atoms with Crippen LogP contribution in [0.4, 0.5) is 0 Å². The molecular weight excluding hydrogens is 344 g/mol. The van der Waals surface area contributed by atoms with Crippen molar-refractivity contribution in [1.29, 1.82) is 0 Å². The van der Waals surface area contributed by atoms with E-state index < -0.39 is 0 Å². The highest BCUT2D eigenvalue weighted by atomic mass is 16.5. The van der Waals surface area contributed by atoms with Crippen molar-refractivity contribution in [3.63, 3.8) is 0 Å². The molecule has 1 amide bonds. The van der Waals surface area contributed by atoms with Gasteiger partial charge in [-0.3, -0.25) is 9.78 Å². The fourth-order valence-electron chi connectivity index (χ4n) is 3.49. The maximum Gasteiger partial charge on any atom is 0.259 e. The molecule has 4 rings (SSSR count). The molecule has 0 aliphatic carbocycles. The Bertz CT molecular complexity index is 947. The van der Waals surface area contributed by atoms with Gasteiger partial charge in [0.1, 0.15) is 23.0 Å². The van der Waals surface area contributed by atoms with E-state index >= 15 is 0 Å². The van der Waals surface area contributed by atoms with Gasteiger partial charge in [-0.15, -0.1) is 10.2 Å². The second kappa shape index (κ2) is 7.30. The van der Waals surface area contributed by atoms with E-state index in [1.165, 1.54) is 0 Å². The Balaban J connectivity index is 1.52. The second-order valence-electron chi connectivity index (χ2n) is 6.68. The molecule has 0 saturated carbocycles. The second-order valence-corrected chi connectivity index (χ2v) is 6.68. The highest BCUT2D eigenvalue weighted by Crippen LogP contribution is 2.19. The summed E-state index contributed by atoms with van der Waals surface area (Å²) >= 11 is 0. The van der Waals surface area contributed by atoms with Crippen molar-refractivity contribution in [3.8, 4) is 0 Å². The summed E-state index contributed by atoms with van der Waals surface area (Å²) < 4.78 is 7.36. The number of carbonyl (C=O) groups excluding carboxylic acids is 1. The number of amides is 1. The molecular formula is C19H22N6O2. The van der Waals surface area contributed by atoms with Gasteiger partial charge in [0.05, 0.1) is 5.69 Å². The molecule has 1 aliphatic heterocycles. The molecule has 3 aromatic heterocycles. The van der Waals surface area contributed by atoms with Crippen molar-refractivity contribution in [2.75, 3.05) is 13.1 Å². The predicted molar refractivity (Wildman–Crippen MR) is 97.3 cm³/mol. The Morgan fingerprint density at radius 2 is 2.15 bits per heavy atom. The highest BCUT2D eigenvalue weighted by Gasteiger charge is 2.27. The lowest BCUT2D eigenvalue weighted by atomic mass is 10.1. The van der Waals surface area contributed by atoms with Gasteiger partial charge in [-0.25, -0.2) is 0 Å². The van der Waals surface area contributed by atoms with Crippen molar-refractivity contribution in [2.24, 2.45) is 0 Å². The number of aryl methyl sites for hydroxylation is 2. The maximum atomic E-state index is 13.0. The van der Waals surface area contributed by atoms with Crippen molar-refractivity contribution in [3.05, 3.63) is 58.8 Å². The smallest absolute Gasteiger partial charge is 0.259 e. The van der Waals surface area contributed by atoms with E-state index in [-0.39, 0.29) is 5.91 Å². The number of aromatic nitrogens is 5. The van der Waals surface area contributed by atoms with Crippen molar-refractivity contribution < 1.29 is 9.32 Å². The van der Waals surface area contributed by atoms with Crippen LogP contribution >= 0.6 is 0 Å². The molecule has 4 heterocycles. The zero-order chi connectivity index (χ0) is 18.8. The lowest BCUT2D eigenvalue weighted by Gasteiger charge is -2.20. The fourth-order valence-corrected chi connectivity index (χ4v) is 3.49. The minimum atomic E-state index is -0.0156. The van der Waals surface area contributed by atoms with Gasteiger partial charge in [0.15, 0.2) is 0 Å². The first-order valence-corrected chi connectivity index (χ1v) is 9.21. The molecule has 0 aromatic carbocycles. The van der Waals surface area contributed by atoms with Crippen LogP contribution in [0.1, 0.15) is 45.9 Å². The van der Waals surface area contributed by atoms with Crippen molar-refractivity contribution >= 4 is 5.91 Å². The van der Waals surface area contributed by atoms with Crippen LogP contribution in [0.15, 0.2) is 29.0 Å².